The molecule has 0 aliphatic heterocycles. The van der Waals surface area contributed by atoms with E-state index < -0.39 is 12.1 Å². The molecule has 0 amide bonds. The van der Waals surface area contributed by atoms with E-state index in [1.165, 1.54) is 0 Å². The number of ether oxygens (including phenoxy) is 2. The zero-order chi connectivity index (χ0) is 25.5. The number of benzene rings is 3. The quantitative estimate of drug-likeness (QED) is 0.267. The maximum absolute atomic E-state index is 13.4. The van der Waals surface area contributed by atoms with Crippen LogP contribution in [0.25, 0.3) is 10.9 Å². The molecule has 0 saturated heterocycles. The van der Waals surface area contributed by atoms with Crippen molar-refractivity contribution in [2.75, 3.05) is 6.61 Å². The van der Waals surface area contributed by atoms with E-state index in [4.69, 9.17) is 14.5 Å². The Morgan fingerprint density at radius 2 is 1.72 bits per heavy atom. The van der Waals surface area contributed by atoms with E-state index in [2.05, 4.69) is 6.92 Å². The SMILES string of the molecule is CCCCc1nc2c(C)cccc2c(=O)n1Cc1ccc(OC(C(=O)OCC)c2ccccc2)cc1. The van der Waals surface area contributed by atoms with Crippen molar-refractivity contribution in [3.63, 3.8) is 0 Å². The molecule has 0 saturated carbocycles. The summed E-state index contributed by atoms with van der Waals surface area (Å²) in [6.45, 7) is 6.58. The van der Waals surface area contributed by atoms with Gasteiger partial charge in [-0.2, -0.15) is 0 Å². The molecule has 3 aromatic carbocycles. The first-order valence-corrected chi connectivity index (χ1v) is 12.5. The minimum atomic E-state index is -0.854. The number of fused-ring (bicyclic) bond motifs is 1. The van der Waals surface area contributed by atoms with Crippen LogP contribution in [0.5, 0.6) is 5.75 Å². The zero-order valence-corrected chi connectivity index (χ0v) is 21.1. The highest BCUT2D eigenvalue weighted by Crippen LogP contribution is 2.24. The van der Waals surface area contributed by atoms with E-state index in [1.54, 1.807) is 11.5 Å². The number of aryl methyl sites for hydroxylation is 2. The number of hydrogen-bond acceptors (Lipinski definition) is 5. The number of hydrogen-bond donors (Lipinski definition) is 0. The third kappa shape index (κ3) is 5.65. The molecule has 4 aromatic rings. The van der Waals surface area contributed by atoms with Gasteiger partial charge < -0.3 is 9.47 Å². The standard InChI is InChI=1S/C30H32N2O4/c1-4-6-15-26-31-27-21(3)11-10-14-25(27)29(33)32(26)20-22-16-18-24(19-17-22)36-28(30(34)35-5-2)23-12-8-7-9-13-23/h7-14,16-19,28H,4-6,15,20H2,1-3H3. The molecule has 186 valence electrons. The molecule has 1 atom stereocenters. The van der Waals surface area contributed by atoms with Crippen LogP contribution in [-0.2, 0) is 22.5 Å². The normalized spacial score (nSPS) is 11.9. The molecule has 0 aliphatic carbocycles. The van der Waals surface area contributed by atoms with Crippen molar-refractivity contribution in [3.05, 3.63) is 106 Å². The summed E-state index contributed by atoms with van der Waals surface area (Å²) in [5.41, 5.74) is 3.43. The largest absolute Gasteiger partial charge is 0.474 e. The highest BCUT2D eigenvalue weighted by atomic mass is 16.6. The van der Waals surface area contributed by atoms with E-state index in [0.29, 0.717) is 17.7 Å². The van der Waals surface area contributed by atoms with Gasteiger partial charge in [0.1, 0.15) is 11.6 Å². The van der Waals surface area contributed by atoms with Crippen LogP contribution in [0.2, 0.25) is 0 Å². The van der Waals surface area contributed by atoms with Crippen LogP contribution in [0.4, 0.5) is 0 Å². The Balaban J connectivity index is 1.61. The first-order valence-electron chi connectivity index (χ1n) is 12.5. The van der Waals surface area contributed by atoms with Gasteiger partial charge in [-0.1, -0.05) is 67.9 Å². The van der Waals surface area contributed by atoms with Crippen molar-refractivity contribution in [3.8, 4) is 5.75 Å². The predicted octanol–water partition coefficient (Wildman–Crippen LogP) is 5.78. The lowest BCUT2D eigenvalue weighted by molar-refractivity contribution is -0.151. The van der Waals surface area contributed by atoms with Gasteiger partial charge in [0.05, 0.1) is 24.1 Å². The molecule has 36 heavy (non-hydrogen) atoms. The number of nitrogens with zero attached hydrogens (tertiary/aromatic N) is 2. The number of unbranched alkanes of at least 4 members (excludes halogenated alkanes) is 1. The summed E-state index contributed by atoms with van der Waals surface area (Å²) in [5.74, 6) is 0.916. The van der Waals surface area contributed by atoms with Crippen LogP contribution >= 0.6 is 0 Å². The number of esters is 1. The minimum Gasteiger partial charge on any atom is -0.474 e. The molecule has 1 heterocycles. The number of para-hydroxylation sites is 1. The minimum absolute atomic E-state index is 0.0263. The lowest BCUT2D eigenvalue weighted by atomic mass is 10.1. The molecular formula is C30H32N2O4. The molecule has 0 fully saturated rings. The summed E-state index contributed by atoms with van der Waals surface area (Å²) in [5, 5.41) is 0.635. The van der Waals surface area contributed by atoms with Gasteiger partial charge in [-0.3, -0.25) is 9.36 Å². The van der Waals surface area contributed by atoms with Crippen molar-refractivity contribution in [1.82, 2.24) is 9.55 Å². The van der Waals surface area contributed by atoms with Crippen LogP contribution in [0, 0.1) is 6.92 Å². The van der Waals surface area contributed by atoms with Gasteiger partial charge in [0, 0.05) is 12.0 Å². The van der Waals surface area contributed by atoms with Gasteiger partial charge in [0.25, 0.3) is 5.56 Å². The second kappa shape index (κ2) is 11.7. The number of aromatic nitrogens is 2. The number of rotatable bonds is 10. The summed E-state index contributed by atoms with van der Waals surface area (Å²) in [7, 11) is 0. The third-order valence-electron chi connectivity index (χ3n) is 6.14. The van der Waals surface area contributed by atoms with Crippen LogP contribution in [0.15, 0.2) is 77.6 Å². The fraction of sp³-hybridized carbons (Fsp3) is 0.300. The summed E-state index contributed by atoms with van der Waals surface area (Å²) in [4.78, 5) is 30.9. The first-order chi connectivity index (χ1) is 17.5. The van der Waals surface area contributed by atoms with E-state index in [9.17, 15) is 9.59 Å². The van der Waals surface area contributed by atoms with Gasteiger partial charge >= 0.3 is 5.97 Å². The van der Waals surface area contributed by atoms with Crippen LogP contribution in [0.3, 0.4) is 0 Å². The molecule has 0 bridgehead atoms. The molecule has 1 aromatic heterocycles. The topological polar surface area (TPSA) is 70.4 Å². The zero-order valence-electron chi connectivity index (χ0n) is 21.1. The molecule has 0 aliphatic rings. The second-order valence-electron chi connectivity index (χ2n) is 8.80. The Morgan fingerprint density at radius 3 is 2.42 bits per heavy atom. The third-order valence-corrected chi connectivity index (χ3v) is 6.14. The maximum Gasteiger partial charge on any atom is 0.352 e. The smallest absolute Gasteiger partial charge is 0.352 e. The number of carbonyl (C=O) groups is 1. The molecule has 1 unspecified atom stereocenters. The summed E-state index contributed by atoms with van der Waals surface area (Å²) < 4.78 is 13.0. The molecule has 0 N–H and O–H groups in total. The van der Waals surface area contributed by atoms with Crippen molar-refractivity contribution < 1.29 is 14.3 Å². The lowest BCUT2D eigenvalue weighted by Crippen LogP contribution is -2.26. The Morgan fingerprint density at radius 1 is 0.972 bits per heavy atom. The van der Waals surface area contributed by atoms with E-state index >= 15 is 0 Å². The van der Waals surface area contributed by atoms with Crippen molar-refractivity contribution in [1.29, 1.82) is 0 Å². The Hall–Kier alpha value is -3.93. The monoisotopic (exact) mass is 484 g/mol. The second-order valence-corrected chi connectivity index (χ2v) is 8.80. The Labute approximate surface area is 211 Å². The average molecular weight is 485 g/mol. The van der Waals surface area contributed by atoms with Gasteiger partial charge in [0.2, 0.25) is 6.10 Å². The van der Waals surface area contributed by atoms with Crippen molar-refractivity contribution in [2.24, 2.45) is 0 Å². The van der Waals surface area contributed by atoms with Gasteiger partial charge in [-0.25, -0.2) is 9.78 Å². The van der Waals surface area contributed by atoms with Crippen LogP contribution in [0.1, 0.15) is 55.3 Å². The number of carbonyl (C=O) groups excluding carboxylic acids is 1. The molecule has 0 spiro atoms. The highest BCUT2D eigenvalue weighted by molar-refractivity contribution is 5.80. The van der Waals surface area contributed by atoms with E-state index in [-0.39, 0.29) is 12.2 Å². The van der Waals surface area contributed by atoms with E-state index in [0.717, 1.165) is 47.3 Å². The van der Waals surface area contributed by atoms with Gasteiger partial charge in [0.15, 0.2) is 0 Å². The Kier molecular flexibility index (Phi) is 8.16. The summed E-state index contributed by atoms with van der Waals surface area (Å²) in [6, 6.07) is 22.5. The maximum atomic E-state index is 13.4. The molecule has 6 nitrogen and oxygen atoms in total. The van der Waals surface area contributed by atoms with Crippen LogP contribution in [-0.4, -0.2) is 22.1 Å². The molecule has 4 rings (SSSR count). The summed E-state index contributed by atoms with van der Waals surface area (Å²) >= 11 is 0. The van der Waals surface area contributed by atoms with Gasteiger partial charge in [-0.05, 0) is 49.6 Å². The van der Waals surface area contributed by atoms with Crippen molar-refractivity contribution >= 4 is 16.9 Å². The summed E-state index contributed by atoms with van der Waals surface area (Å²) in [6.07, 6.45) is 1.88. The molecule has 0 radical (unpaired) electrons. The fourth-order valence-corrected chi connectivity index (χ4v) is 4.21. The first kappa shape index (κ1) is 25.2. The lowest BCUT2D eigenvalue weighted by Gasteiger charge is -2.18. The van der Waals surface area contributed by atoms with E-state index in [1.807, 2.05) is 79.7 Å². The van der Waals surface area contributed by atoms with Crippen molar-refractivity contribution in [2.45, 2.75) is 52.7 Å². The molecule has 6 heteroatoms. The van der Waals surface area contributed by atoms with Gasteiger partial charge in [-0.15, -0.1) is 0 Å². The fourth-order valence-electron chi connectivity index (χ4n) is 4.21. The predicted molar refractivity (Wildman–Crippen MR) is 141 cm³/mol. The molecular weight excluding hydrogens is 452 g/mol. The van der Waals surface area contributed by atoms with Crippen LogP contribution < -0.4 is 10.3 Å². The Bertz CT molecular complexity index is 1380. The average Bonchev–Trinajstić information content (AvgIpc) is 2.90. The highest BCUT2D eigenvalue weighted by Gasteiger charge is 2.24.